The van der Waals surface area contributed by atoms with Gasteiger partial charge in [-0.1, -0.05) is 0 Å². The fourth-order valence-electron chi connectivity index (χ4n) is 1.26. The molecule has 1 aromatic carbocycles. The van der Waals surface area contributed by atoms with Crippen molar-refractivity contribution in [3.8, 4) is 0 Å². The monoisotopic (exact) mass is 258 g/mol. The first-order valence-electron chi connectivity index (χ1n) is 3.55. The summed E-state index contributed by atoms with van der Waals surface area (Å²) in [5.74, 6) is 0. The molecule has 0 amide bonds. The first-order chi connectivity index (χ1) is 5.70. The highest BCUT2D eigenvalue weighted by atomic mass is 79.9. The summed E-state index contributed by atoms with van der Waals surface area (Å²) in [6.07, 6.45) is 0. The van der Waals surface area contributed by atoms with Crippen LogP contribution in [0.1, 0.15) is 5.56 Å². The van der Waals surface area contributed by atoms with Crippen molar-refractivity contribution in [3.63, 3.8) is 0 Å². The minimum atomic E-state index is 1.01. The Bertz CT molecular complexity index is 431. The molecule has 0 nitrogen and oxygen atoms in total. The molecule has 2 rings (SSSR count). The molecular formula is C9H7BrS2. The zero-order chi connectivity index (χ0) is 8.72. The van der Waals surface area contributed by atoms with Gasteiger partial charge in [-0.2, -0.15) is 0 Å². The molecule has 0 unspecified atom stereocenters. The highest BCUT2D eigenvalue weighted by Crippen LogP contribution is 2.35. The Labute approximate surface area is 89.1 Å². The van der Waals surface area contributed by atoms with Crippen LogP contribution in [0, 0.1) is 6.92 Å². The maximum atomic E-state index is 4.38. The number of fused-ring (bicyclic) bond motifs is 1. The maximum absolute atomic E-state index is 4.38. The number of thiophene rings is 1. The lowest BCUT2D eigenvalue weighted by Gasteiger charge is -2.01. The van der Waals surface area contributed by atoms with Crippen molar-refractivity contribution in [1.29, 1.82) is 0 Å². The van der Waals surface area contributed by atoms with E-state index >= 15 is 0 Å². The molecular weight excluding hydrogens is 252 g/mol. The van der Waals surface area contributed by atoms with Crippen LogP contribution in [0.25, 0.3) is 10.1 Å². The van der Waals surface area contributed by atoms with Crippen molar-refractivity contribution in [3.05, 3.63) is 27.5 Å². The lowest BCUT2D eigenvalue weighted by atomic mass is 10.2. The largest absolute Gasteiger partial charge is 0.143 e. The second-order valence-corrected chi connectivity index (χ2v) is 4.88. The van der Waals surface area contributed by atoms with Crippen LogP contribution in [-0.2, 0) is 0 Å². The minimum absolute atomic E-state index is 1.01. The number of hydrogen-bond acceptors (Lipinski definition) is 2. The van der Waals surface area contributed by atoms with E-state index in [4.69, 9.17) is 0 Å². The molecule has 1 aromatic heterocycles. The molecule has 0 radical (unpaired) electrons. The molecule has 0 N–H and O–H groups in total. The summed E-state index contributed by atoms with van der Waals surface area (Å²) in [5.41, 5.74) is 1.30. The fraction of sp³-hybridized carbons (Fsp3) is 0.111. The van der Waals surface area contributed by atoms with Gasteiger partial charge in [-0.3, -0.25) is 0 Å². The van der Waals surface area contributed by atoms with E-state index in [-0.39, 0.29) is 0 Å². The second-order valence-electron chi connectivity index (χ2n) is 2.69. The van der Waals surface area contributed by atoms with Gasteiger partial charge >= 0.3 is 0 Å². The number of rotatable bonds is 0. The Morgan fingerprint density at radius 2 is 2.25 bits per heavy atom. The van der Waals surface area contributed by atoms with Crippen LogP contribution < -0.4 is 0 Å². The quantitative estimate of drug-likeness (QED) is 0.671. The van der Waals surface area contributed by atoms with Gasteiger partial charge in [-0.05, 0) is 45.9 Å². The van der Waals surface area contributed by atoms with E-state index < -0.39 is 0 Å². The lowest BCUT2D eigenvalue weighted by Crippen LogP contribution is -1.76. The van der Waals surface area contributed by atoms with Crippen molar-refractivity contribution < 1.29 is 0 Å². The molecule has 0 saturated carbocycles. The van der Waals surface area contributed by atoms with Gasteiger partial charge in [0.05, 0.1) is 0 Å². The van der Waals surface area contributed by atoms with E-state index in [1.54, 1.807) is 11.3 Å². The van der Waals surface area contributed by atoms with Crippen LogP contribution in [0.5, 0.6) is 0 Å². The molecule has 2 aromatic rings. The summed E-state index contributed by atoms with van der Waals surface area (Å²) in [7, 11) is 0. The molecule has 3 heteroatoms. The lowest BCUT2D eigenvalue weighted by molar-refractivity contribution is 1.40. The van der Waals surface area contributed by atoms with Crippen molar-refractivity contribution >= 4 is 50.0 Å². The van der Waals surface area contributed by atoms with Gasteiger partial charge in [0.1, 0.15) is 0 Å². The summed E-state index contributed by atoms with van der Waals surface area (Å²) >= 11 is 9.67. The molecule has 0 atom stereocenters. The van der Waals surface area contributed by atoms with E-state index in [1.807, 2.05) is 0 Å². The van der Waals surface area contributed by atoms with Crippen LogP contribution in [0.3, 0.4) is 0 Å². The summed E-state index contributed by atoms with van der Waals surface area (Å²) in [6.45, 7) is 2.12. The Hall–Kier alpha value is 0.01000. The van der Waals surface area contributed by atoms with E-state index in [9.17, 15) is 0 Å². The molecule has 0 aliphatic carbocycles. The van der Waals surface area contributed by atoms with Crippen molar-refractivity contribution in [1.82, 2.24) is 0 Å². The second kappa shape index (κ2) is 3.05. The topological polar surface area (TPSA) is 0 Å². The van der Waals surface area contributed by atoms with Crippen molar-refractivity contribution in [2.24, 2.45) is 0 Å². The number of aryl methyl sites for hydroxylation is 1. The van der Waals surface area contributed by atoms with E-state index in [0.717, 1.165) is 9.37 Å². The van der Waals surface area contributed by atoms with Crippen LogP contribution in [0.2, 0.25) is 0 Å². The van der Waals surface area contributed by atoms with Crippen LogP contribution >= 0.6 is 39.9 Å². The van der Waals surface area contributed by atoms with Gasteiger partial charge < -0.3 is 0 Å². The summed E-state index contributed by atoms with van der Waals surface area (Å²) < 4.78 is 2.45. The van der Waals surface area contributed by atoms with Gasteiger partial charge in [-0.15, -0.1) is 24.0 Å². The van der Waals surface area contributed by atoms with Gasteiger partial charge in [0, 0.05) is 19.5 Å². The molecule has 0 spiro atoms. The standard InChI is InChI=1S/C9H7BrS2/c1-5-4-7(11)8(10)6-2-3-12-9(5)6/h2-4,11H,1H3. The Kier molecular flexibility index (Phi) is 2.19. The Morgan fingerprint density at radius 1 is 1.50 bits per heavy atom. The highest BCUT2D eigenvalue weighted by Gasteiger charge is 2.05. The first-order valence-corrected chi connectivity index (χ1v) is 5.67. The fourth-order valence-corrected chi connectivity index (χ4v) is 3.03. The summed E-state index contributed by atoms with van der Waals surface area (Å²) in [4.78, 5) is 1.01. The molecule has 12 heavy (non-hydrogen) atoms. The Balaban J connectivity index is 2.97. The normalized spacial score (nSPS) is 10.9. The van der Waals surface area contributed by atoms with Gasteiger partial charge in [-0.25, -0.2) is 0 Å². The van der Waals surface area contributed by atoms with E-state index in [1.165, 1.54) is 15.6 Å². The molecule has 62 valence electrons. The predicted octanol–water partition coefficient (Wildman–Crippen LogP) is 4.26. The van der Waals surface area contributed by atoms with E-state index in [2.05, 4.69) is 53.0 Å². The zero-order valence-corrected chi connectivity index (χ0v) is 9.76. The molecule has 0 fully saturated rings. The number of benzene rings is 1. The Morgan fingerprint density at radius 3 is 3.00 bits per heavy atom. The highest BCUT2D eigenvalue weighted by molar-refractivity contribution is 9.10. The summed E-state index contributed by atoms with van der Waals surface area (Å²) in [6, 6.07) is 4.21. The van der Waals surface area contributed by atoms with Crippen LogP contribution in [0.15, 0.2) is 26.9 Å². The SMILES string of the molecule is Cc1cc(S)c(Br)c2ccsc12. The summed E-state index contributed by atoms with van der Waals surface area (Å²) in [5, 5.41) is 3.38. The number of hydrogen-bond donors (Lipinski definition) is 1. The molecule has 0 bridgehead atoms. The molecule has 0 aliphatic heterocycles. The predicted molar refractivity (Wildman–Crippen MR) is 61.5 cm³/mol. The third kappa shape index (κ3) is 1.20. The number of halogens is 1. The van der Waals surface area contributed by atoms with Gasteiger partial charge in [0.25, 0.3) is 0 Å². The average molecular weight is 259 g/mol. The molecule has 0 aliphatic rings. The molecule has 0 saturated heterocycles. The minimum Gasteiger partial charge on any atom is -0.143 e. The third-order valence-electron chi connectivity index (χ3n) is 1.84. The number of thiol groups is 1. The van der Waals surface area contributed by atoms with Gasteiger partial charge in [0.2, 0.25) is 0 Å². The van der Waals surface area contributed by atoms with Crippen LogP contribution in [-0.4, -0.2) is 0 Å². The first kappa shape index (κ1) is 8.60. The smallest absolute Gasteiger partial charge is 0.0395 e. The van der Waals surface area contributed by atoms with Crippen LogP contribution in [0.4, 0.5) is 0 Å². The average Bonchev–Trinajstić information content (AvgIpc) is 2.48. The zero-order valence-electron chi connectivity index (χ0n) is 6.47. The van der Waals surface area contributed by atoms with Crippen molar-refractivity contribution in [2.45, 2.75) is 11.8 Å². The van der Waals surface area contributed by atoms with E-state index in [0.29, 0.717) is 0 Å². The maximum Gasteiger partial charge on any atom is 0.0395 e. The molecule has 1 heterocycles. The van der Waals surface area contributed by atoms with Gasteiger partial charge in [0.15, 0.2) is 0 Å². The van der Waals surface area contributed by atoms with Crippen molar-refractivity contribution in [2.75, 3.05) is 0 Å². The third-order valence-corrected chi connectivity index (χ3v) is 4.40.